The average molecular weight is 302 g/mol. The summed E-state index contributed by atoms with van der Waals surface area (Å²) in [6.07, 6.45) is -7.90. The minimum Gasteiger partial charge on any atom is -0.388 e. The number of halogens is 3. The highest BCUT2D eigenvalue weighted by molar-refractivity contribution is 5.72. The summed E-state index contributed by atoms with van der Waals surface area (Å²) in [5.41, 5.74) is -1.56. The summed E-state index contributed by atoms with van der Waals surface area (Å²) >= 11 is 0. The van der Waals surface area contributed by atoms with Crippen molar-refractivity contribution in [2.45, 2.75) is 25.3 Å². The Kier molecular flexibility index (Phi) is 5.29. The molecule has 0 heterocycles. The van der Waals surface area contributed by atoms with E-state index in [0.29, 0.717) is 6.07 Å². The maximum absolute atomic E-state index is 12.6. The van der Waals surface area contributed by atoms with Crippen LogP contribution in [-0.4, -0.2) is 28.8 Å². The van der Waals surface area contributed by atoms with E-state index in [2.05, 4.69) is 5.32 Å². The fraction of sp³-hybridized carbons (Fsp3) is 0.385. The molecule has 1 aromatic carbocycles. The number of amides is 1. The number of aliphatic hydroxyl groups is 2. The molecule has 114 valence electrons. The van der Waals surface area contributed by atoms with Crippen molar-refractivity contribution in [1.82, 2.24) is 5.32 Å². The minimum atomic E-state index is -4.63. The highest BCUT2D eigenvalue weighted by atomic mass is 19.4. The normalized spacial score (nSPS) is 14.1. The third-order valence-electron chi connectivity index (χ3n) is 2.74. The van der Waals surface area contributed by atoms with Crippen molar-refractivity contribution in [2.24, 2.45) is 0 Å². The quantitative estimate of drug-likeness (QED) is 0.776. The largest absolute Gasteiger partial charge is 0.416 e. The molecule has 1 rings (SSSR count). The van der Waals surface area contributed by atoms with Gasteiger partial charge in [0.1, 0.15) is 12.2 Å². The lowest BCUT2D eigenvalue weighted by molar-refractivity contribution is -0.137. The van der Waals surface area contributed by atoms with Gasteiger partial charge in [-0.15, -0.1) is 0 Å². The fourth-order valence-electron chi connectivity index (χ4n) is 1.65. The van der Waals surface area contributed by atoms with Crippen molar-refractivity contribution in [3.8, 4) is 6.07 Å². The third-order valence-corrected chi connectivity index (χ3v) is 2.74. The van der Waals surface area contributed by atoms with E-state index in [0.717, 1.165) is 12.1 Å². The summed E-state index contributed by atoms with van der Waals surface area (Å²) in [6, 6.07) is 3.90. The molecule has 0 aliphatic rings. The molecule has 0 fully saturated rings. The van der Waals surface area contributed by atoms with Gasteiger partial charge in [0.15, 0.2) is 0 Å². The molecule has 0 aromatic heterocycles. The van der Waals surface area contributed by atoms with Crippen LogP contribution in [0.5, 0.6) is 0 Å². The molecule has 2 unspecified atom stereocenters. The lowest BCUT2D eigenvalue weighted by Gasteiger charge is -2.20. The maximum atomic E-state index is 12.6. The Morgan fingerprint density at radius 2 is 2.05 bits per heavy atom. The zero-order chi connectivity index (χ0) is 16.2. The molecular weight excluding hydrogens is 289 g/mol. The first-order valence-corrected chi connectivity index (χ1v) is 5.88. The molecule has 2 atom stereocenters. The van der Waals surface area contributed by atoms with Crippen LogP contribution in [0.25, 0.3) is 0 Å². The Labute approximate surface area is 118 Å². The zero-order valence-corrected chi connectivity index (χ0v) is 11.0. The standard InChI is InChI=1S/C13H13F3N2O3/c1-7(19)18-6-11(20)12(21)10-4-9(13(14,15)16)3-2-8(10)5-17/h2-4,11-12,20-21H,6H2,1H3,(H,18,19). The van der Waals surface area contributed by atoms with E-state index in [1.54, 1.807) is 6.07 Å². The van der Waals surface area contributed by atoms with Gasteiger partial charge in [0.2, 0.25) is 5.91 Å². The van der Waals surface area contributed by atoms with E-state index >= 15 is 0 Å². The predicted octanol–water partition coefficient (Wildman–Crippen LogP) is 1.11. The summed E-state index contributed by atoms with van der Waals surface area (Å²) in [5, 5.41) is 30.7. The number of nitrogens with zero attached hydrogens (tertiary/aromatic N) is 1. The van der Waals surface area contributed by atoms with Gasteiger partial charge in [-0.1, -0.05) is 0 Å². The summed E-state index contributed by atoms with van der Waals surface area (Å²) in [6.45, 7) is 0.835. The molecule has 8 heteroatoms. The van der Waals surface area contributed by atoms with Crippen LogP contribution in [0.4, 0.5) is 13.2 Å². The first kappa shape index (κ1) is 16.9. The Morgan fingerprint density at radius 1 is 1.43 bits per heavy atom. The third kappa shape index (κ3) is 4.44. The summed E-state index contributed by atoms with van der Waals surface area (Å²) < 4.78 is 37.9. The Morgan fingerprint density at radius 3 is 2.52 bits per heavy atom. The first-order valence-electron chi connectivity index (χ1n) is 5.88. The van der Waals surface area contributed by atoms with Crippen molar-refractivity contribution in [2.75, 3.05) is 6.54 Å². The van der Waals surface area contributed by atoms with Crippen LogP contribution in [0.3, 0.4) is 0 Å². The summed E-state index contributed by atoms with van der Waals surface area (Å²) in [5.74, 6) is -0.467. The van der Waals surface area contributed by atoms with Gasteiger partial charge >= 0.3 is 6.18 Å². The predicted molar refractivity (Wildman–Crippen MR) is 65.8 cm³/mol. The van der Waals surface area contributed by atoms with Crippen molar-refractivity contribution in [3.63, 3.8) is 0 Å². The first-order chi connectivity index (χ1) is 9.66. The second-order valence-electron chi connectivity index (χ2n) is 4.36. The van der Waals surface area contributed by atoms with Gasteiger partial charge in [-0.05, 0) is 18.2 Å². The highest BCUT2D eigenvalue weighted by Gasteiger charge is 2.32. The molecule has 3 N–H and O–H groups in total. The number of nitrogens with one attached hydrogen (secondary N) is 1. The van der Waals surface area contributed by atoms with Crippen LogP contribution < -0.4 is 5.32 Å². The number of rotatable bonds is 4. The maximum Gasteiger partial charge on any atom is 0.416 e. The molecule has 5 nitrogen and oxygen atoms in total. The van der Waals surface area contributed by atoms with Crippen LogP contribution in [0, 0.1) is 11.3 Å². The molecular formula is C13H13F3N2O3. The van der Waals surface area contributed by atoms with Crippen LogP contribution >= 0.6 is 0 Å². The number of alkyl halides is 3. The Bertz CT molecular complexity index is 567. The molecule has 21 heavy (non-hydrogen) atoms. The van der Waals surface area contributed by atoms with Crippen molar-refractivity contribution in [1.29, 1.82) is 5.26 Å². The Hall–Kier alpha value is -2.11. The lowest BCUT2D eigenvalue weighted by Crippen LogP contribution is -2.34. The second kappa shape index (κ2) is 6.56. The van der Waals surface area contributed by atoms with Gasteiger partial charge < -0.3 is 15.5 Å². The molecule has 0 spiro atoms. The van der Waals surface area contributed by atoms with E-state index in [1.165, 1.54) is 6.92 Å². The SMILES string of the molecule is CC(=O)NCC(O)C(O)c1cc(C(F)(F)F)ccc1C#N. The molecule has 1 aromatic rings. The lowest BCUT2D eigenvalue weighted by atomic mass is 9.96. The second-order valence-corrected chi connectivity index (χ2v) is 4.36. The number of carbonyl (C=O) groups is 1. The smallest absolute Gasteiger partial charge is 0.388 e. The van der Waals surface area contributed by atoms with Gasteiger partial charge in [0.25, 0.3) is 0 Å². The van der Waals surface area contributed by atoms with E-state index in [-0.39, 0.29) is 17.7 Å². The number of benzene rings is 1. The van der Waals surface area contributed by atoms with E-state index in [9.17, 15) is 28.2 Å². The van der Waals surface area contributed by atoms with Crippen LogP contribution in [0.2, 0.25) is 0 Å². The molecule has 0 saturated carbocycles. The van der Waals surface area contributed by atoms with Crippen LogP contribution in [0.1, 0.15) is 29.7 Å². The van der Waals surface area contributed by atoms with Gasteiger partial charge in [-0.25, -0.2) is 0 Å². The van der Waals surface area contributed by atoms with Gasteiger partial charge in [-0.2, -0.15) is 18.4 Å². The van der Waals surface area contributed by atoms with E-state index in [4.69, 9.17) is 5.26 Å². The number of hydrogen-bond donors (Lipinski definition) is 3. The van der Waals surface area contributed by atoms with Gasteiger partial charge in [0.05, 0.1) is 17.2 Å². The van der Waals surface area contributed by atoms with Crippen molar-refractivity contribution in [3.05, 3.63) is 34.9 Å². The van der Waals surface area contributed by atoms with Crippen molar-refractivity contribution < 1.29 is 28.2 Å². The minimum absolute atomic E-state index is 0.183. The molecule has 1 amide bonds. The number of aliphatic hydroxyl groups excluding tert-OH is 2. The summed E-state index contributed by atoms with van der Waals surface area (Å²) in [7, 11) is 0. The zero-order valence-electron chi connectivity index (χ0n) is 11.0. The monoisotopic (exact) mass is 302 g/mol. The Balaban J connectivity index is 3.09. The van der Waals surface area contributed by atoms with Crippen LogP contribution in [-0.2, 0) is 11.0 Å². The van der Waals surface area contributed by atoms with Crippen molar-refractivity contribution >= 4 is 5.91 Å². The number of nitriles is 1. The van der Waals surface area contributed by atoms with Crippen LogP contribution in [0.15, 0.2) is 18.2 Å². The fourth-order valence-corrected chi connectivity index (χ4v) is 1.65. The molecule has 0 bridgehead atoms. The van der Waals surface area contributed by atoms with Gasteiger partial charge in [0, 0.05) is 19.0 Å². The molecule has 0 saturated heterocycles. The highest BCUT2D eigenvalue weighted by Crippen LogP contribution is 2.32. The number of carbonyl (C=O) groups excluding carboxylic acids is 1. The summed E-state index contributed by atoms with van der Waals surface area (Å²) in [4.78, 5) is 10.7. The van der Waals surface area contributed by atoms with Gasteiger partial charge in [-0.3, -0.25) is 4.79 Å². The van der Waals surface area contributed by atoms with E-state index < -0.39 is 29.9 Å². The topological polar surface area (TPSA) is 93.3 Å². The number of hydrogen-bond acceptors (Lipinski definition) is 4. The van der Waals surface area contributed by atoms with E-state index in [1.807, 2.05) is 0 Å². The molecule has 0 aliphatic heterocycles. The molecule has 0 aliphatic carbocycles. The molecule has 0 radical (unpaired) electrons. The average Bonchev–Trinajstić information content (AvgIpc) is 2.42.